The molecule has 0 aliphatic carbocycles. The monoisotopic (exact) mass is 714 g/mol. The largest absolute Gasteiger partial charge is 0.469 e. The molecule has 4 N–H and O–H groups in total. The fourth-order valence-electron chi connectivity index (χ4n) is 4.84. The summed E-state index contributed by atoms with van der Waals surface area (Å²) in [5.41, 5.74) is 0. The Bertz CT molecular complexity index is 987. The molecule has 0 heterocycles. The van der Waals surface area contributed by atoms with Crippen LogP contribution in [0.5, 0.6) is 0 Å². The second-order valence-electron chi connectivity index (χ2n) is 12.8. The van der Waals surface area contributed by atoms with Crippen LogP contribution < -0.4 is 0 Å². The molecule has 0 aliphatic rings. The average Bonchev–Trinajstić information content (AvgIpc) is 3.05. The Kier molecular flexibility index (Phi) is 30.5. The number of hydrogen-bond acceptors (Lipinski definition) is 8. The lowest BCUT2D eigenvalue weighted by atomic mass is 9.99. The summed E-state index contributed by atoms with van der Waals surface area (Å²) in [6.45, 7) is 5.69. The van der Waals surface area contributed by atoms with E-state index in [0.717, 1.165) is 31.6 Å². The van der Waals surface area contributed by atoms with Gasteiger partial charge in [0.15, 0.2) is 6.10 Å². The third kappa shape index (κ3) is 34.2. The van der Waals surface area contributed by atoms with E-state index in [4.69, 9.17) is 19.3 Å². The summed E-state index contributed by atoms with van der Waals surface area (Å²) in [7, 11) is -4.81. The number of carbonyl (C=O) groups excluding carboxylic acids is 2. The van der Waals surface area contributed by atoms with Crippen LogP contribution in [-0.2, 0) is 28.2 Å². The van der Waals surface area contributed by atoms with Gasteiger partial charge in [-0.3, -0.25) is 14.1 Å². The van der Waals surface area contributed by atoms with Crippen molar-refractivity contribution < 1.29 is 48.2 Å². The number of aliphatic hydroxyl groups excluding tert-OH is 2. The van der Waals surface area contributed by atoms with E-state index in [1.807, 2.05) is 6.08 Å². The second kappa shape index (κ2) is 31.9. The van der Waals surface area contributed by atoms with E-state index in [2.05, 4.69) is 31.4 Å². The van der Waals surface area contributed by atoms with Gasteiger partial charge in [-0.1, -0.05) is 140 Å². The van der Waals surface area contributed by atoms with E-state index in [1.165, 1.54) is 57.8 Å². The molecule has 0 aromatic carbocycles. The first-order chi connectivity index (χ1) is 23.5. The van der Waals surface area contributed by atoms with Crippen LogP contribution in [0.4, 0.5) is 0 Å². The molecule has 0 fully saturated rings. The number of esters is 2. The summed E-state index contributed by atoms with van der Waals surface area (Å²) in [6.07, 6.45) is 29.0. The molecule has 10 nitrogen and oxygen atoms in total. The minimum Gasteiger partial charge on any atom is -0.462 e. The Balaban J connectivity index is 4.29. The molecule has 1 unspecified atom stereocenters. The molecule has 284 valence electrons. The molecular formula is C38H67O10P. The molecular weight excluding hydrogens is 647 g/mol. The van der Waals surface area contributed by atoms with Gasteiger partial charge in [-0.25, -0.2) is 4.57 Å². The molecule has 11 heteroatoms. The quantitative estimate of drug-likeness (QED) is 0.0175. The zero-order valence-electron chi connectivity index (χ0n) is 30.5. The Morgan fingerprint density at radius 1 is 0.694 bits per heavy atom. The number of unbranched alkanes of at least 4 members (excludes halogenated alkanes) is 10. The number of aliphatic hydroxyl groups is 2. The van der Waals surface area contributed by atoms with Crippen molar-refractivity contribution in [1.82, 2.24) is 0 Å². The highest BCUT2D eigenvalue weighted by Gasteiger charge is 2.23. The number of carbonyl (C=O) groups is 2. The highest BCUT2D eigenvalue weighted by atomic mass is 31.2. The third-order valence-electron chi connectivity index (χ3n) is 8.08. The van der Waals surface area contributed by atoms with E-state index in [0.29, 0.717) is 25.7 Å². The lowest BCUT2D eigenvalue weighted by molar-refractivity contribution is -0.161. The van der Waals surface area contributed by atoms with Crippen LogP contribution >= 0.6 is 7.82 Å². The van der Waals surface area contributed by atoms with Crippen LogP contribution in [-0.4, -0.2) is 63.5 Å². The lowest BCUT2D eigenvalue weighted by Gasteiger charge is -2.18. The maximum atomic E-state index is 12.3. The molecule has 0 rings (SSSR count). The summed E-state index contributed by atoms with van der Waals surface area (Å²) in [5.74, 6) is -0.329. The first-order valence-corrected chi connectivity index (χ1v) is 20.1. The molecule has 4 atom stereocenters. The van der Waals surface area contributed by atoms with Crippen LogP contribution in [0.1, 0.15) is 143 Å². The van der Waals surface area contributed by atoms with Gasteiger partial charge in [0.25, 0.3) is 0 Å². The van der Waals surface area contributed by atoms with Crippen molar-refractivity contribution in [1.29, 1.82) is 0 Å². The van der Waals surface area contributed by atoms with Crippen molar-refractivity contribution in [3.63, 3.8) is 0 Å². The van der Waals surface area contributed by atoms with E-state index < -0.39 is 51.3 Å². The van der Waals surface area contributed by atoms with Crippen LogP contribution in [0.3, 0.4) is 0 Å². The molecule has 49 heavy (non-hydrogen) atoms. The fourth-order valence-corrected chi connectivity index (χ4v) is 5.20. The van der Waals surface area contributed by atoms with Crippen molar-refractivity contribution in [3.05, 3.63) is 48.6 Å². The predicted molar refractivity (Wildman–Crippen MR) is 196 cm³/mol. The minimum absolute atomic E-state index is 0.00624. The first-order valence-electron chi connectivity index (χ1n) is 18.5. The first kappa shape index (κ1) is 46.9. The van der Waals surface area contributed by atoms with Gasteiger partial charge in [0.2, 0.25) is 0 Å². The maximum Gasteiger partial charge on any atom is 0.469 e. The Labute approximate surface area is 296 Å². The molecule has 0 saturated heterocycles. The van der Waals surface area contributed by atoms with Crippen LogP contribution in [0, 0.1) is 5.92 Å². The normalized spacial score (nSPS) is 15.0. The van der Waals surface area contributed by atoms with Gasteiger partial charge in [0.05, 0.1) is 18.8 Å². The number of hydrogen-bond donors (Lipinski definition) is 4. The SMILES string of the molecule is CCCCC/C=C\C[C@@H](O)/C=C/C=C/C=C\[C@@H](O)CCCC(=O)OC[C@H](COP(=O)(O)O)OC(=O)CCCCCCCCCCC(C)CC. The van der Waals surface area contributed by atoms with E-state index in [-0.39, 0.29) is 12.8 Å². The minimum atomic E-state index is -4.81. The van der Waals surface area contributed by atoms with Gasteiger partial charge in [0.1, 0.15) is 6.61 Å². The van der Waals surface area contributed by atoms with E-state index in [1.54, 1.807) is 36.5 Å². The Morgan fingerprint density at radius 3 is 1.94 bits per heavy atom. The summed E-state index contributed by atoms with van der Waals surface area (Å²) in [6, 6.07) is 0. The fraction of sp³-hybridized carbons (Fsp3) is 0.737. The molecule has 0 saturated carbocycles. The van der Waals surface area contributed by atoms with Gasteiger partial charge in [-0.15, -0.1) is 0 Å². The number of phosphoric ester groups is 1. The second-order valence-corrected chi connectivity index (χ2v) is 14.1. The van der Waals surface area contributed by atoms with Gasteiger partial charge in [-0.05, 0) is 44.4 Å². The zero-order chi connectivity index (χ0) is 36.6. The molecule has 0 aromatic heterocycles. The molecule has 0 radical (unpaired) electrons. The molecule has 0 bridgehead atoms. The number of phosphoric acid groups is 1. The van der Waals surface area contributed by atoms with Gasteiger partial charge >= 0.3 is 19.8 Å². The summed E-state index contributed by atoms with van der Waals surface area (Å²) in [4.78, 5) is 42.7. The predicted octanol–water partition coefficient (Wildman–Crippen LogP) is 8.59. The molecule has 0 aliphatic heterocycles. The van der Waals surface area contributed by atoms with E-state index >= 15 is 0 Å². The van der Waals surface area contributed by atoms with Crippen LogP contribution in [0.25, 0.3) is 0 Å². The Morgan fingerprint density at radius 2 is 1.31 bits per heavy atom. The van der Waals surface area contributed by atoms with Gasteiger partial charge < -0.3 is 29.5 Å². The standard InChI is InChI=1S/C38H67O10P/c1-4-6-7-8-14-19-25-34(39)26-20-16-17-21-27-35(40)28-23-30-37(41)46-31-36(32-47-49(43,44)45)48-38(42)29-22-15-12-10-9-11-13-18-24-33(3)5-2/h14,16-17,19-21,26-27,33-36,39-40H,4-13,15,18,22-25,28-32H2,1-3H3,(H2,43,44,45)/b17-16+,19-14-,26-20+,27-21-/t33?,34-,35-,36-/m1/s1. The van der Waals surface area contributed by atoms with Crippen molar-refractivity contribution >= 4 is 19.8 Å². The smallest absolute Gasteiger partial charge is 0.462 e. The summed E-state index contributed by atoms with van der Waals surface area (Å²) in [5, 5.41) is 20.1. The zero-order valence-corrected chi connectivity index (χ0v) is 31.4. The van der Waals surface area contributed by atoms with Gasteiger partial charge in [0, 0.05) is 12.8 Å². The summed E-state index contributed by atoms with van der Waals surface area (Å²) < 4.78 is 26.1. The lowest BCUT2D eigenvalue weighted by Crippen LogP contribution is -2.29. The topological polar surface area (TPSA) is 160 Å². The number of ether oxygens (including phenoxy) is 2. The van der Waals surface area contributed by atoms with Crippen LogP contribution in [0.15, 0.2) is 48.6 Å². The molecule has 0 aromatic rings. The Hall–Kier alpha value is -2.07. The van der Waals surface area contributed by atoms with Crippen molar-refractivity contribution in [2.24, 2.45) is 5.92 Å². The highest BCUT2D eigenvalue weighted by Crippen LogP contribution is 2.36. The molecule has 0 amide bonds. The highest BCUT2D eigenvalue weighted by molar-refractivity contribution is 7.46. The van der Waals surface area contributed by atoms with Crippen molar-refractivity contribution in [2.45, 2.75) is 161 Å². The van der Waals surface area contributed by atoms with Crippen molar-refractivity contribution in [3.8, 4) is 0 Å². The van der Waals surface area contributed by atoms with Gasteiger partial charge in [-0.2, -0.15) is 0 Å². The third-order valence-corrected chi connectivity index (χ3v) is 8.57. The van der Waals surface area contributed by atoms with Crippen LogP contribution in [0.2, 0.25) is 0 Å². The van der Waals surface area contributed by atoms with E-state index in [9.17, 15) is 24.4 Å². The summed E-state index contributed by atoms with van der Waals surface area (Å²) >= 11 is 0. The molecule has 0 spiro atoms. The van der Waals surface area contributed by atoms with Crippen molar-refractivity contribution in [2.75, 3.05) is 13.2 Å². The number of rotatable bonds is 32. The average molecular weight is 715 g/mol. The maximum absolute atomic E-state index is 12.3. The number of allylic oxidation sites excluding steroid dienone is 5.